The van der Waals surface area contributed by atoms with Crippen LogP contribution >= 0.6 is 0 Å². The number of fused-ring (bicyclic) bond motifs is 6. The largest absolute Gasteiger partial charge is 0.455 e. The molecule has 1 heterocycles. The van der Waals surface area contributed by atoms with E-state index in [1.54, 1.807) is 6.07 Å². The predicted molar refractivity (Wildman–Crippen MR) is 120 cm³/mol. The first-order valence-corrected chi connectivity index (χ1v) is 9.66. The number of para-hydroxylation sites is 2. The van der Waals surface area contributed by atoms with Gasteiger partial charge in [0, 0.05) is 21.7 Å². The molecule has 0 atom stereocenters. The molecule has 29 heavy (non-hydrogen) atoms. The average Bonchev–Trinajstić information content (AvgIpc) is 3.09. The highest BCUT2D eigenvalue weighted by Crippen LogP contribution is 2.36. The Balaban J connectivity index is 1.70. The Labute approximate surface area is 166 Å². The van der Waals surface area contributed by atoms with Crippen LogP contribution in [0.5, 0.6) is 0 Å². The van der Waals surface area contributed by atoms with Crippen LogP contribution in [0.1, 0.15) is 0 Å². The van der Waals surface area contributed by atoms with E-state index in [4.69, 9.17) is 4.42 Å². The van der Waals surface area contributed by atoms with Crippen LogP contribution in [-0.2, 0) is 0 Å². The molecule has 0 unspecified atom stereocenters. The molecule has 0 saturated carbocycles. The smallest absolute Gasteiger partial charge is 0.186 e. The molecule has 0 spiro atoms. The Kier molecular flexibility index (Phi) is 3.35. The molecule has 0 aliphatic carbocycles. The van der Waals surface area contributed by atoms with E-state index < -0.39 is 0 Å². The van der Waals surface area contributed by atoms with E-state index in [9.17, 15) is 4.79 Å². The van der Waals surface area contributed by atoms with Crippen LogP contribution in [-0.4, -0.2) is 0 Å². The van der Waals surface area contributed by atoms with Crippen molar-refractivity contribution < 1.29 is 4.42 Å². The van der Waals surface area contributed by atoms with Gasteiger partial charge >= 0.3 is 0 Å². The molecule has 0 bridgehead atoms. The van der Waals surface area contributed by atoms with Crippen molar-refractivity contribution in [3.8, 4) is 11.1 Å². The highest BCUT2D eigenvalue weighted by atomic mass is 16.3. The molecule has 2 heteroatoms. The lowest BCUT2D eigenvalue weighted by atomic mass is 9.99. The Morgan fingerprint density at radius 1 is 0.552 bits per heavy atom. The molecule has 0 radical (unpaired) electrons. The summed E-state index contributed by atoms with van der Waals surface area (Å²) >= 11 is 0. The molecule has 6 rings (SSSR count). The van der Waals surface area contributed by atoms with Crippen LogP contribution in [0.2, 0.25) is 0 Å². The minimum Gasteiger partial charge on any atom is -0.455 e. The van der Waals surface area contributed by atoms with E-state index in [0.717, 1.165) is 54.6 Å². The monoisotopic (exact) mass is 372 g/mol. The van der Waals surface area contributed by atoms with Crippen molar-refractivity contribution in [1.82, 2.24) is 0 Å². The Morgan fingerprint density at radius 3 is 2.28 bits per heavy atom. The lowest BCUT2D eigenvalue weighted by Gasteiger charge is -2.05. The van der Waals surface area contributed by atoms with Gasteiger partial charge in [0.05, 0.1) is 0 Å². The van der Waals surface area contributed by atoms with E-state index in [1.165, 1.54) is 0 Å². The molecular formula is C27H16O2. The first-order chi connectivity index (χ1) is 14.3. The van der Waals surface area contributed by atoms with Crippen molar-refractivity contribution in [2.75, 3.05) is 0 Å². The number of hydrogen-bond donors (Lipinski definition) is 0. The summed E-state index contributed by atoms with van der Waals surface area (Å²) in [5.74, 6) is 0. The van der Waals surface area contributed by atoms with Gasteiger partial charge in [-0.15, -0.1) is 0 Å². The molecule has 0 N–H and O–H groups in total. The van der Waals surface area contributed by atoms with Crippen LogP contribution < -0.4 is 5.43 Å². The summed E-state index contributed by atoms with van der Waals surface area (Å²) in [7, 11) is 0. The van der Waals surface area contributed by atoms with Crippen molar-refractivity contribution in [3.63, 3.8) is 0 Å². The van der Waals surface area contributed by atoms with Gasteiger partial charge in [-0.1, -0.05) is 78.9 Å². The van der Waals surface area contributed by atoms with Crippen LogP contribution in [0.4, 0.5) is 0 Å². The summed E-state index contributed by atoms with van der Waals surface area (Å²) in [6.07, 6.45) is 0. The van der Waals surface area contributed by atoms with Crippen molar-refractivity contribution in [1.29, 1.82) is 0 Å². The number of benzene rings is 4. The molecular weight excluding hydrogens is 356 g/mol. The van der Waals surface area contributed by atoms with Crippen LogP contribution in [0.15, 0.2) is 106 Å². The second-order valence-corrected chi connectivity index (χ2v) is 7.33. The highest BCUT2D eigenvalue weighted by Gasteiger charge is 2.12. The fraction of sp³-hybridized carbons (Fsp3) is 0. The van der Waals surface area contributed by atoms with Crippen molar-refractivity contribution in [3.05, 3.63) is 107 Å². The van der Waals surface area contributed by atoms with Crippen LogP contribution in [0, 0.1) is 0 Å². The minimum atomic E-state index is 0.0230. The van der Waals surface area contributed by atoms with E-state index in [-0.39, 0.29) is 5.43 Å². The third kappa shape index (κ3) is 2.39. The SMILES string of the molecule is O=c1ccc2ccccc2c2ccc(-c3cccc4c3oc3ccccc34)cc12. The van der Waals surface area contributed by atoms with E-state index in [1.807, 2.05) is 54.6 Å². The predicted octanol–water partition coefficient (Wildman–Crippen LogP) is 6.92. The van der Waals surface area contributed by atoms with Crippen molar-refractivity contribution >= 4 is 43.5 Å². The Hall–Kier alpha value is -3.91. The molecule has 136 valence electrons. The molecule has 0 amide bonds. The maximum absolute atomic E-state index is 12.9. The quantitative estimate of drug-likeness (QED) is 0.313. The summed E-state index contributed by atoms with van der Waals surface area (Å²) < 4.78 is 6.19. The second kappa shape index (κ2) is 6.05. The third-order valence-electron chi connectivity index (χ3n) is 5.67. The molecule has 2 nitrogen and oxygen atoms in total. The first kappa shape index (κ1) is 16.1. The third-order valence-corrected chi connectivity index (χ3v) is 5.67. The van der Waals surface area contributed by atoms with E-state index in [2.05, 4.69) is 36.4 Å². The average molecular weight is 372 g/mol. The second-order valence-electron chi connectivity index (χ2n) is 7.33. The molecule has 0 fully saturated rings. The van der Waals surface area contributed by atoms with Gasteiger partial charge in [0.1, 0.15) is 11.2 Å². The van der Waals surface area contributed by atoms with Gasteiger partial charge in [0.15, 0.2) is 5.43 Å². The molecule has 1 aromatic heterocycles. The number of hydrogen-bond acceptors (Lipinski definition) is 2. The summed E-state index contributed by atoms with van der Waals surface area (Å²) in [5, 5.41) is 6.02. The standard InChI is InChI=1S/C27H16O2/c28-25-15-13-17-6-1-2-7-19(17)21-14-12-18(16-24(21)25)20-9-5-10-23-22-8-3-4-11-26(22)29-27(20)23/h1-16H. The minimum absolute atomic E-state index is 0.0230. The van der Waals surface area contributed by atoms with Crippen molar-refractivity contribution in [2.45, 2.75) is 0 Å². The zero-order valence-corrected chi connectivity index (χ0v) is 15.6. The van der Waals surface area contributed by atoms with Crippen LogP contribution in [0.25, 0.3) is 54.6 Å². The molecule has 6 aromatic rings. The summed E-state index contributed by atoms with van der Waals surface area (Å²) in [4.78, 5) is 12.9. The maximum Gasteiger partial charge on any atom is 0.186 e. The molecule has 5 aromatic carbocycles. The van der Waals surface area contributed by atoms with Crippen molar-refractivity contribution in [2.24, 2.45) is 0 Å². The summed E-state index contributed by atoms with van der Waals surface area (Å²) in [5.41, 5.74) is 3.73. The fourth-order valence-corrected chi connectivity index (χ4v) is 4.27. The van der Waals surface area contributed by atoms with Crippen LogP contribution in [0.3, 0.4) is 0 Å². The normalized spacial score (nSPS) is 11.6. The summed E-state index contributed by atoms with van der Waals surface area (Å²) in [6.45, 7) is 0. The lowest BCUT2D eigenvalue weighted by molar-refractivity contribution is 0.670. The number of rotatable bonds is 1. The van der Waals surface area contributed by atoms with Gasteiger partial charge in [-0.3, -0.25) is 4.79 Å². The molecule has 0 saturated heterocycles. The number of furan rings is 1. The topological polar surface area (TPSA) is 30.2 Å². The van der Waals surface area contributed by atoms with Gasteiger partial charge in [-0.25, -0.2) is 0 Å². The fourth-order valence-electron chi connectivity index (χ4n) is 4.27. The Bertz CT molecular complexity index is 1620. The van der Waals surface area contributed by atoms with Gasteiger partial charge in [0.2, 0.25) is 0 Å². The molecule has 0 aliphatic heterocycles. The van der Waals surface area contributed by atoms with Gasteiger partial charge in [-0.2, -0.15) is 0 Å². The zero-order chi connectivity index (χ0) is 19.4. The van der Waals surface area contributed by atoms with Gasteiger partial charge in [0.25, 0.3) is 0 Å². The zero-order valence-electron chi connectivity index (χ0n) is 15.6. The summed E-state index contributed by atoms with van der Waals surface area (Å²) in [6, 6.07) is 32.0. The molecule has 0 aliphatic rings. The maximum atomic E-state index is 12.9. The first-order valence-electron chi connectivity index (χ1n) is 9.66. The van der Waals surface area contributed by atoms with E-state index >= 15 is 0 Å². The van der Waals surface area contributed by atoms with Gasteiger partial charge < -0.3 is 4.42 Å². The highest BCUT2D eigenvalue weighted by molar-refractivity contribution is 6.11. The Morgan fingerprint density at radius 2 is 1.34 bits per heavy atom. The van der Waals surface area contributed by atoms with E-state index in [0.29, 0.717) is 0 Å². The lowest BCUT2D eigenvalue weighted by Crippen LogP contribution is -1.95. The van der Waals surface area contributed by atoms with Gasteiger partial charge in [-0.05, 0) is 39.9 Å².